The van der Waals surface area contributed by atoms with Crippen molar-refractivity contribution in [2.24, 2.45) is 0 Å². The molecule has 0 saturated carbocycles. The van der Waals surface area contributed by atoms with Gasteiger partial charge in [-0.2, -0.15) is 18.4 Å². The molecule has 7 nitrogen and oxygen atoms in total. The van der Waals surface area contributed by atoms with E-state index in [1.54, 1.807) is 49.3 Å². The Morgan fingerprint density at radius 1 is 1.15 bits per heavy atom. The van der Waals surface area contributed by atoms with Crippen LogP contribution in [0.25, 0.3) is 0 Å². The van der Waals surface area contributed by atoms with Gasteiger partial charge >= 0.3 is 6.18 Å². The van der Waals surface area contributed by atoms with Gasteiger partial charge in [-0.15, -0.1) is 0 Å². The minimum Gasteiger partial charge on any atom is -0.484 e. The van der Waals surface area contributed by atoms with Crippen molar-refractivity contribution in [3.63, 3.8) is 0 Å². The highest BCUT2D eigenvalue weighted by molar-refractivity contribution is 5.89. The number of ether oxygens (including phenoxy) is 1. The number of amides is 2. The number of likely N-dealkylation sites (N-methyl/N-ethyl adjacent to an activating group) is 1. The maximum absolute atomic E-state index is 13.4. The van der Waals surface area contributed by atoms with E-state index in [1.807, 2.05) is 6.07 Å². The monoisotopic (exact) mass is 460 g/mol. The average Bonchev–Trinajstić information content (AvgIpc) is 2.81. The zero-order valence-electron chi connectivity index (χ0n) is 18.2. The fourth-order valence-electron chi connectivity index (χ4n) is 3.63. The first-order valence-electron chi connectivity index (χ1n) is 10.2. The van der Waals surface area contributed by atoms with Gasteiger partial charge in [-0.3, -0.25) is 9.59 Å². The van der Waals surface area contributed by atoms with Crippen LogP contribution in [0.1, 0.15) is 11.1 Å². The second-order valence-electron chi connectivity index (χ2n) is 7.72. The second-order valence-corrected chi connectivity index (χ2v) is 7.72. The topological polar surface area (TPSA) is 76.9 Å². The SMILES string of the molecule is CN(C)C(=O)C1CN(c2ccc(C#N)c(C(F)(F)F)c2)CCN1C(=O)COc1ccccc1. The van der Waals surface area contributed by atoms with Crippen molar-refractivity contribution >= 4 is 17.5 Å². The van der Waals surface area contributed by atoms with Gasteiger partial charge in [-0.05, 0) is 30.3 Å². The predicted octanol–water partition coefficient (Wildman–Crippen LogP) is 2.76. The average molecular weight is 460 g/mol. The van der Waals surface area contributed by atoms with Crippen molar-refractivity contribution in [1.82, 2.24) is 9.80 Å². The number of piperazine rings is 1. The Morgan fingerprint density at radius 2 is 1.85 bits per heavy atom. The van der Waals surface area contributed by atoms with Crippen molar-refractivity contribution in [3.05, 3.63) is 59.7 Å². The second kappa shape index (κ2) is 9.81. The molecule has 174 valence electrons. The summed E-state index contributed by atoms with van der Waals surface area (Å²) in [5.74, 6) is -0.232. The number of alkyl halides is 3. The highest BCUT2D eigenvalue weighted by Gasteiger charge is 2.38. The fraction of sp³-hybridized carbons (Fsp3) is 0.348. The lowest BCUT2D eigenvalue weighted by Crippen LogP contribution is -2.61. The quantitative estimate of drug-likeness (QED) is 0.686. The molecular formula is C23H23F3N4O3. The summed E-state index contributed by atoms with van der Waals surface area (Å²) in [4.78, 5) is 30.0. The van der Waals surface area contributed by atoms with Crippen LogP contribution in [0.2, 0.25) is 0 Å². The summed E-state index contributed by atoms with van der Waals surface area (Å²) < 4.78 is 45.7. The molecule has 10 heteroatoms. The maximum atomic E-state index is 13.4. The maximum Gasteiger partial charge on any atom is 0.417 e. The normalized spacial score (nSPS) is 16.2. The number of carbonyl (C=O) groups excluding carboxylic acids is 2. The molecule has 1 unspecified atom stereocenters. The van der Waals surface area contributed by atoms with E-state index in [2.05, 4.69) is 0 Å². The highest BCUT2D eigenvalue weighted by Crippen LogP contribution is 2.35. The van der Waals surface area contributed by atoms with Gasteiger partial charge in [-0.1, -0.05) is 18.2 Å². The van der Waals surface area contributed by atoms with E-state index < -0.39 is 29.3 Å². The number of benzene rings is 2. The molecule has 33 heavy (non-hydrogen) atoms. The van der Waals surface area contributed by atoms with Gasteiger partial charge in [0.15, 0.2) is 6.61 Å². The van der Waals surface area contributed by atoms with E-state index in [1.165, 1.54) is 15.9 Å². The van der Waals surface area contributed by atoms with Gasteiger partial charge in [0, 0.05) is 39.4 Å². The number of anilines is 1. The lowest BCUT2D eigenvalue weighted by molar-refractivity contribution is -0.146. The van der Waals surface area contributed by atoms with Crippen molar-refractivity contribution in [1.29, 1.82) is 5.26 Å². The molecule has 1 aliphatic heterocycles. The molecule has 2 amide bonds. The highest BCUT2D eigenvalue weighted by atomic mass is 19.4. The summed E-state index contributed by atoms with van der Waals surface area (Å²) in [7, 11) is 3.10. The van der Waals surface area contributed by atoms with Crippen LogP contribution in [0.3, 0.4) is 0 Å². The Hall–Kier alpha value is -3.74. The lowest BCUT2D eigenvalue weighted by atomic mass is 10.0. The summed E-state index contributed by atoms with van der Waals surface area (Å²) in [6.45, 7) is 0.0909. The minimum absolute atomic E-state index is 0.0112. The van der Waals surface area contributed by atoms with Crippen molar-refractivity contribution in [3.8, 4) is 11.8 Å². The zero-order chi connectivity index (χ0) is 24.2. The molecule has 1 saturated heterocycles. The van der Waals surface area contributed by atoms with Crippen LogP contribution in [0, 0.1) is 11.3 Å². The van der Waals surface area contributed by atoms with Crippen LogP contribution in [-0.2, 0) is 15.8 Å². The Bertz CT molecular complexity index is 1050. The van der Waals surface area contributed by atoms with Gasteiger partial charge in [0.25, 0.3) is 5.91 Å². The number of para-hydroxylation sites is 1. The largest absolute Gasteiger partial charge is 0.484 e. The van der Waals surface area contributed by atoms with E-state index in [-0.39, 0.29) is 37.8 Å². The first-order chi connectivity index (χ1) is 15.6. The van der Waals surface area contributed by atoms with Gasteiger partial charge in [-0.25, -0.2) is 0 Å². The molecule has 1 atom stereocenters. The molecule has 1 heterocycles. The van der Waals surface area contributed by atoms with E-state index >= 15 is 0 Å². The van der Waals surface area contributed by atoms with E-state index in [0.717, 1.165) is 12.1 Å². The van der Waals surface area contributed by atoms with Gasteiger partial charge in [0.1, 0.15) is 11.8 Å². The lowest BCUT2D eigenvalue weighted by Gasteiger charge is -2.42. The van der Waals surface area contributed by atoms with Crippen LogP contribution in [0.5, 0.6) is 5.75 Å². The van der Waals surface area contributed by atoms with Gasteiger partial charge in [0.2, 0.25) is 5.91 Å². The number of hydrogen-bond donors (Lipinski definition) is 0. The number of rotatable bonds is 5. The molecule has 1 aliphatic rings. The summed E-state index contributed by atoms with van der Waals surface area (Å²) in [5, 5.41) is 9.02. The summed E-state index contributed by atoms with van der Waals surface area (Å²) in [6, 6.07) is 12.9. The van der Waals surface area contributed by atoms with E-state index in [9.17, 15) is 22.8 Å². The summed E-state index contributed by atoms with van der Waals surface area (Å²) in [6.07, 6.45) is -4.69. The number of hydrogen-bond acceptors (Lipinski definition) is 5. The van der Waals surface area contributed by atoms with Gasteiger partial charge < -0.3 is 19.4 Å². The molecule has 0 aliphatic carbocycles. The van der Waals surface area contributed by atoms with E-state index in [4.69, 9.17) is 10.00 Å². The standard InChI is InChI=1S/C23H23F3N4O3/c1-28(2)22(32)20-14-29(17-9-8-16(13-27)19(12-17)23(24,25)26)10-11-30(20)21(31)15-33-18-6-4-3-5-7-18/h3-9,12,20H,10-11,14-15H2,1-2H3. The Morgan fingerprint density at radius 3 is 2.45 bits per heavy atom. The van der Waals surface area contributed by atoms with Crippen LogP contribution in [-0.4, -0.2) is 68.0 Å². The van der Waals surface area contributed by atoms with E-state index in [0.29, 0.717) is 5.75 Å². The van der Waals surface area contributed by atoms with Crippen molar-refractivity contribution in [2.75, 3.05) is 45.2 Å². The Labute approximate surface area is 189 Å². The molecule has 2 aromatic carbocycles. The molecule has 0 N–H and O–H groups in total. The third-order valence-electron chi connectivity index (χ3n) is 5.33. The first kappa shape index (κ1) is 23.9. The first-order valence-corrected chi connectivity index (χ1v) is 10.2. The predicted molar refractivity (Wildman–Crippen MR) is 115 cm³/mol. The molecule has 1 fully saturated rings. The summed E-state index contributed by atoms with van der Waals surface area (Å²) >= 11 is 0. The van der Waals surface area contributed by atoms with Crippen LogP contribution in [0.15, 0.2) is 48.5 Å². The molecule has 0 bridgehead atoms. The van der Waals surface area contributed by atoms with Gasteiger partial charge in [0.05, 0.1) is 17.2 Å². The van der Waals surface area contributed by atoms with Crippen LogP contribution in [0.4, 0.5) is 18.9 Å². The van der Waals surface area contributed by atoms with Crippen LogP contribution < -0.4 is 9.64 Å². The fourth-order valence-corrected chi connectivity index (χ4v) is 3.63. The molecule has 0 aromatic heterocycles. The Kier molecular flexibility index (Phi) is 7.11. The number of nitriles is 1. The van der Waals surface area contributed by atoms with Crippen molar-refractivity contribution < 1.29 is 27.5 Å². The molecule has 0 spiro atoms. The van der Waals surface area contributed by atoms with Crippen molar-refractivity contribution in [2.45, 2.75) is 12.2 Å². The Balaban J connectivity index is 1.81. The summed E-state index contributed by atoms with van der Waals surface area (Å²) in [5.41, 5.74) is -1.28. The molecule has 2 aromatic rings. The number of halogens is 3. The molecule has 3 rings (SSSR count). The number of nitrogens with zero attached hydrogens (tertiary/aromatic N) is 4. The van der Waals surface area contributed by atoms with Crippen LogP contribution >= 0.6 is 0 Å². The third-order valence-corrected chi connectivity index (χ3v) is 5.33. The zero-order valence-corrected chi connectivity index (χ0v) is 18.2. The molecular weight excluding hydrogens is 437 g/mol. The number of carbonyl (C=O) groups is 2. The smallest absolute Gasteiger partial charge is 0.417 e. The molecule has 0 radical (unpaired) electrons. The minimum atomic E-state index is -4.69. The third kappa shape index (κ3) is 5.55.